The summed E-state index contributed by atoms with van der Waals surface area (Å²) in [6.45, 7) is 2.05. The van der Waals surface area contributed by atoms with Gasteiger partial charge in [-0.1, -0.05) is 30.3 Å². The Hall–Kier alpha value is -3.36. The minimum Gasteiger partial charge on any atom is -0.343 e. The Morgan fingerprint density at radius 3 is 2.24 bits per heavy atom. The highest BCUT2D eigenvalue weighted by molar-refractivity contribution is 6.00. The first-order chi connectivity index (χ1) is 15.6. The highest BCUT2D eigenvalue weighted by Crippen LogP contribution is 2.34. The van der Waals surface area contributed by atoms with E-state index >= 15 is 0 Å². The van der Waals surface area contributed by atoms with Crippen LogP contribution in [0.2, 0.25) is 0 Å². The Balaban J connectivity index is 1.58. The van der Waals surface area contributed by atoms with E-state index in [4.69, 9.17) is 0 Å². The van der Waals surface area contributed by atoms with Crippen molar-refractivity contribution in [2.75, 3.05) is 23.7 Å². The molecule has 0 aliphatic carbocycles. The van der Waals surface area contributed by atoms with Crippen molar-refractivity contribution >= 4 is 29.1 Å². The fourth-order valence-electron chi connectivity index (χ4n) is 3.80. The van der Waals surface area contributed by atoms with Crippen molar-refractivity contribution in [2.24, 2.45) is 5.92 Å². The maximum Gasteiger partial charge on any atom is 0.416 e. The summed E-state index contributed by atoms with van der Waals surface area (Å²) in [6, 6.07) is 12.5. The molecule has 2 aromatic carbocycles. The largest absolute Gasteiger partial charge is 0.416 e. The van der Waals surface area contributed by atoms with Gasteiger partial charge in [-0.2, -0.15) is 13.2 Å². The highest BCUT2D eigenvalue weighted by atomic mass is 19.4. The van der Waals surface area contributed by atoms with Crippen LogP contribution in [-0.4, -0.2) is 35.7 Å². The highest BCUT2D eigenvalue weighted by Gasteiger charge is 2.32. The van der Waals surface area contributed by atoms with Crippen molar-refractivity contribution in [2.45, 2.75) is 38.8 Å². The Morgan fingerprint density at radius 2 is 1.64 bits per heavy atom. The predicted octanol–water partition coefficient (Wildman–Crippen LogP) is 4.47. The van der Waals surface area contributed by atoms with E-state index in [-0.39, 0.29) is 17.3 Å². The number of carbonyl (C=O) groups is 3. The number of hydrogen-bond donors (Lipinski definition) is 2. The molecule has 3 rings (SSSR count). The first kappa shape index (κ1) is 24.3. The van der Waals surface area contributed by atoms with E-state index < -0.39 is 29.5 Å². The van der Waals surface area contributed by atoms with E-state index in [0.29, 0.717) is 38.8 Å². The molecular formula is C24H26F3N3O3. The van der Waals surface area contributed by atoms with Crippen LogP contribution in [-0.2, 0) is 27.0 Å². The zero-order valence-corrected chi connectivity index (χ0v) is 18.2. The number of alkyl halides is 3. The van der Waals surface area contributed by atoms with Gasteiger partial charge in [0.15, 0.2) is 0 Å². The molecular weight excluding hydrogens is 435 g/mol. The van der Waals surface area contributed by atoms with Crippen LogP contribution >= 0.6 is 0 Å². The zero-order valence-electron chi connectivity index (χ0n) is 18.2. The van der Waals surface area contributed by atoms with Gasteiger partial charge in [-0.25, -0.2) is 0 Å². The van der Waals surface area contributed by atoms with Crippen molar-refractivity contribution in [1.29, 1.82) is 0 Å². The Morgan fingerprint density at radius 1 is 0.970 bits per heavy atom. The van der Waals surface area contributed by atoms with Crippen LogP contribution in [0.3, 0.4) is 0 Å². The average molecular weight is 461 g/mol. The van der Waals surface area contributed by atoms with E-state index in [1.165, 1.54) is 6.92 Å². The number of anilines is 2. The predicted molar refractivity (Wildman–Crippen MR) is 118 cm³/mol. The molecule has 1 aliphatic rings. The lowest BCUT2D eigenvalue weighted by molar-refractivity contribution is -0.137. The molecule has 1 aliphatic heterocycles. The summed E-state index contributed by atoms with van der Waals surface area (Å²) in [5, 5.41) is 4.97. The molecule has 1 heterocycles. The Kier molecular flexibility index (Phi) is 7.73. The lowest BCUT2D eigenvalue weighted by Crippen LogP contribution is -2.41. The molecule has 0 bridgehead atoms. The molecule has 3 amide bonds. The van der Waals surface area contributed by atoms with Gasteiger partial charge in [-0.05, 0) is 43.0 Å². The number of aryl methyl sites for hydroxylation is 1. The molecule has 0 saturated carbocycles. The van der Waals surface area contributed by atoms with Crippen LogP contribution in [0.25, 0.3) is 0 Å². The molecule has 2 N–H and O–H groups in total. The second-order valence-corrected chi connectivity index (χ2v) is 8.07. The number of likely N-dealkylation sites (tertiary alicyclic amines) is 1. The summed E-state index contributed by atoms with van der Waals surface area (Å²) in [5.74, 6) is -1.32. The molecule has 1 fully saturated rings. The number of benzene rings is 2. The number of hydrogen-bond acceptors (Lipinski definition) is 3. The normalized spacial score (nSPS) is 14.6. The summed E-state index contributed by atoms with van der Waals surface area (Å²) in [7, 11) is 0. The lowest BCUT2D eigenvalue weighted by atomic mass is 9.95. The summed E-state index contributed by atoms with van der Waals surface area (Å²) in [5.41, 5.74) is 0.144. The molecule has 9 heteroatoms. The number of nitrogens with zero attached hydrogens (tertiary/aromatic N) is 1. The summed E-state index contributed by atoms with van der Waals surface area (Å²) in [4.78, 5) is 38.4. The second kappa shape index (κ2) is 10.5. The average Bonchev–Trinajstić information content (AvgIpc) is 2.78. The van der Waals surface area contributed by atoms with Gasteiger partial charge < -0.3 is 15.5 Å². The quantitative estimate of drug-likeness (QED) is 0.666. The van der Waals surface area contributed by atoms with E-state index in [1.54, 1.807) is 4.90 Å². The SMILES string of the molecule is CC(=O)Nc1ccc(C(F)(F)F)cc1NC(=O)C1CCN(C(=O)CCc2ccccc2)CC1. The van der Waals surface area contributed by atoms with Gasteiger partial charge in [-0.3, -0.25) is 14.4 Å². The van der Waals surface area contributed by atoms with Crippen LogP contribution in [0, 0.1) is 5.92 Å². The summed E-state index contributed by atoms with van der Waals surface area (Å²) < 4.78 is 39.3. The Labute approximate surface area is 190 Å². The van der Waals surface area contributed by atoms with E-state index in [9.17, 15) is 27.6 Å². The van der Waals surface area contributed by atoms with E-state index in [2.05, 4.69) is 10.6 Å². The van der Waals surface area contributed by atoms with Gasteiger partial charge in [0.25, 0.3) is 0 Å². The lowest BCUT2D eigenvalue weighted by Gasteiger charge is -2.31. The van der Waals surface area contributed by atoms with Crippen LogP contribution in [0.5, 0.6) is 0 Å². The third-order valence-electron chi connectivity index (χ3n) is 5.60. The molecule has 33 heavy (non-hydrogen) atoms. The van der Waals surface area contributed by atoms with E-state index in [1.807, 2.05) is 30.3 Å². The number of carbonyl (C=O) groups excluding carboxylic acids is 3. The number of piperidine rings is 1. The second-order valence-electron chi connectivity index (χ2n) is 8.07. The first-order valence-electron chi connectivity index (χ1n) is 10.7. The minimum atomic E-state index is -4.58. The summed E-state index contributed by atoms with van der Waals surface area (Å²) in [6.07, 6.45) is -2.74. The molecule has 6 nitrogen and oxygen atoms in total. The third-order valence-corrected chi connectivity index (χ3v) is 5.60. The molecule has 0 atom stereocenters. The van der Waals surface area contributed by atoms with Crippen molar-refractivity contribution in [3.05, 3.63) is 59.7 Å². The first-order valence-corrected chi connectivity index (χ1v) is 10.7. The zero-order chi connectivity index (χ0) is 24.0. The topological polar surface area (TPSA) is 78.5 Å². The van der Waals surface area contributed by atoms with Crippen molar-refractivity contribution in [3.8, 4) is 0 Å². The molecule has 0 spiro atoms. The number of amides is 3. The van der Waals surface area contributed by atoms with Gasteiger partial charge in [-0.15, -0.1) is 0 Å². The standard InChI is InChI=1S/C24H26F3N3O3/c1-16(31)28-20-9-8-19(24(25,26)27)15-21(20)29-23(33)18-11-13-30(14-12-18)22(32)10-7-17-5-3-2-4-6-17/h2-6,8-9,15,18H,7,10-14H2,1H3,(H,28,31)(H,29,33). The van der Waals surface area contributed by atoms with Gasteiger partial charge in [0.05, 0.1) is 16.9 Å². The number of halogens is 3. The van der Waals surface area contributed by atoms with Gasteiger partial charge >= 0.3 is 6.18 Å². The van der Waals surface area contributed by atoms with Crippen LogP contribution in [0.1, 0.15) is 37.3 Å². The minimum absolute atomic E-state index is 0.0172. The smallest absolute Gasteiger partial charge is 0.343 e. The fraction of sp³-hybridized carbons (Fsp3) is 0.375. The summed E-state index contributed by atoms with van der Waals surface area (Å²) >= 11 is 0. The Bertz CT molecular complexity index is 1000. The van der Waals surface area contributed by atoms with Gasteiger partial charge in [0.1, 0.15) is 0 Å². The third kappa shape index (κ3) is 6.81. The van der Waals surface area contributed by atoms with Crippen LogP contribution < -0.4 is 10.6 Å². The molecule has 2 aromatic rings. The van der Waals surface area contributed by atoms with Crippen LogP contribution in [0.15, 0.2) is 48.5 Å². The number of nitrogens with one attached hydrogen (secondary N) is 2. The molecule has 1 saturated heterocycles. The van der Waals surface area contributed by atoms with Crippen LogP contribution in [0.4, 0.5) is 24.5 Å². The maximum absolute atomic E-state index is 13.1. The van der Waals surface area contributed by atoms with E-state index in [0.717, 1.165) is 23.8 Å². The van der Waals surface area contributed by atoms with Gasteiger partial charge in [0, 0.05) is 32.4 Å². The van der Waals surface area contributed by atoms with Crippen molar-refractivity contribution < 1.29 is 27.6 Å². The molecule has 0 radical (unpaired) electrons. The molecule has 176 valence electrons. The van der Waals surface area contributed by atoms with Crippen molar-refractivity contribution in [3.63, 3.8) is 0 Å². The number of rotatable bonds is 6. The monoisotopic (exact) mass is 461 g/mol. The molecule has 0 aromatic heterocycles. The van der Waals surface area contributed by atoms with Gasteiger partial charge in [0.2, 0.25) is 17.7 Å². The fourth-order valence-corrected chi connectivity index (χ4v) is 3.80. The molecule has 0 unspecified atom stereocenters. The maximum atomic E-state index is 13.1. The van der Waals surface area contributed by atoms with Crippen molar-refractivity contribution in [1.82, 2.24) is 4.90 Å².